The number of rotatable bonds is 8. The molecule has 0 unspecified atom stereocenters. The minimum atomic E-state index is 0.717. The third-order valence-corrected chi connectivity index (χ3v) is 6.56. The molecular formula is C26H30N4OS. The second-order valence-electron chi connectivity index (χ2n) is 7.48. The topological polar surface area (TPSA) is 57.1 Å². The lowest BCUT2D eigenvalue weighted by molar-refractivity contribution is -0.105. The van der Waals surface area contributed by atoms with E-state index in [0.717, 1.165) is 54.5 Å². The van der Waals surface area contributed by atoms with E-state index in [9.17, 15) is 4.79 Å². The highest BCUT2D eigenvalue weighted by Gasteiger charge is 2.19. The lowest BCUT2D eigenvalue weighted by atomic mass is 9.99. The second kappa shape index (κ2) is 11.5. The fourth-order valence-corrected chi connectivity index (χ4v) is 4.64. The van der Waals surface area contributed by atoms with Crippen LogP contribution >= 0.6 is 11.8 Å². The van der Waals surface area contributed by atoms with Gasteiger partial charge < -0.3 is 10.2 Å². The lowest BCUT2D eigenvalue weighted by Crippen LogP contribution is -2.28. The van der Waals surface area contributed by atoms with Crippen molar-refractivity contribution >= 4 is 35.9 Å². The molecule has 2 aromatic carbocycles. The van der Waals surface area contributed by atoms with Crippen LogP contribution in [0.3, 0.4) is 0 Å². The number of hydrogen-bond donors (Lipinski definition) is 1. The van der Waals surface area contributed by atoms with Gasteiger partial charge in [0, 0.05) is 44.0 Å². The van der Waals surface area contributed by atoms with Crippen molar-refractivity contribution in [2.75, 3.05) is 18.9 Å². The van der Waals surface area contributed by atoms with Gasteiger partial charge in [0.2, 0.25) is 6.41 Å². The Morgan fingerprint density at radius 1 is 1.19 bits per heavy atom. The molecule has 0 spiro atoms. The number of hydrogen-bond acceptors (Lipinski definition) is 4. The Morgan fingerprint density at radius 3 is 2.62 bits per heavy atom. The number of carbonyl (C=O) groups is 1. The average Bonchev–Trinajstić information content (AvgIpc) is 2.82. The van der Waals surface area contributed by atoms with Crippen LogP contribution in [0.2, 0.25) is 0 Å². The van der Waals surface area contributed by atoms with Gasteiger partial charge in [0.25, 0.3) is 0 Å². The molecule has 0 fully saturated rings. The van der Waals surface area contributed by atoms with E-state index in [1.165, 1.54) is 21.6 Å². The Labute approximate surface area is 195 Å². The first-order valence-electron chi connectivity index (χ1n) is 10.7. The molecule has 2 aromatic rings. The first-order valence-corrected chi connectivity index (χ1v) is 11.5. The minimum absolute atomic E-state index is 0.717. The van der Waals surface area contributed by atoms with E-state index in [2.05, 4.69) is 76.2 Å². The molecule has 1 aliphatic heterocycles. The monoisotopic (exact) mass is 446 g/mol. The van der Waals surface area contributed by atoms with Crippen LogP contribution in [0.5, 0.6) is 0 Å². The van der Waals surface area contributed by atoms with Gasteiger partial charge in [-0.3, -0.25) is 9.79 Å². The van der Waals surface area contributed by atoms with Gasteiger partial charge in [0.1, 0.15) is 0 Å². The largest absolute Gasteiger partial charge is 0.362 e. The number of fused-ring (bicyclic) bond motifs is 1. The Morgan fingerprint density at radius 2 is 1.97 bits per heavy atom. The Balaban J connectivity index is 1.63. The first kappa shape index (κ1) is 23.5. The standard InChI is InChI=1S/C26H30N4OS/c1-5-25(15-20-7-9-22(10-8-20)26(27-4)28-6-2)32-19(3)30-14-13-21-11-12-24(29-18-31)16-23(21)17-30/h5-12,16,18H,3,13-15,17H2,1-2,4H3,(H,29,31)/b25-5-,27-26?,28-6?. The lowest BCUT2D eigenvalue weighted by Gasteiger charge is -2.32. The molecule has 0 saturated carbocycles. The molecule has 0 saturated heterocycles. The Kier molecular flexibility index (Phi) is 8.45. The van der Waals surface area contributed by atoms with Gasteiger partial charge in [-0.15, -0.1) is 0 Å². The van der Waals surface area contributed by atoms with Crippen LogP contribution in [0.4, 0.5) is 5.69 Å². The van der Waals surface area contributed by atoms with Crippen molar-refractivity contribution < 1.29 is 4.79 Å². The van der Waals surface area contributed by atoms with Crippen molar-refractivity contribution in [3.8, 4) is 0 Å². The van der Waals surface area contributed by atoms with Crippen LogP contribution in [0.1, 0.15) is 36.1 Å². The second-order valence-corrected chi connectivity index (χ2v) is 8.68. The van der Waals surface area contributed by atoms with Crippen LogP contribution in [0.15, 0.2) is 75.0 Å². The number of nitrogens with one attached hydrogen (secondary N) is 1. The van der Waals surface area contributed by atoms with Crippen LogP contribution in [0, 0.1) is 0 Å². The number of amidine groups is 1. The van der Waals surface area contributed by atoms with Gasteiger partial charge in [-0.05, 0) is 54.0 Å². The van der Waals surface area contributed by atoms with Crippen molar-refractivity contribution in [3.05, 3.63) is 87.3 Å². The normalized spacial score (nSPS) is 14.4. The maximum absolute atomic E-state index is 10.8. The number of thioether (sulfide) groups is 1. The van der Waals surface area contributed by atoms with Crippen LogP contribution in [-0.2, 0) is 24.2 Å². The van der Waals surface area contributed by atoms with E-state index in [-0.39, 0.29) is 0 Å². The molecule has 0 aromatic heterocycles. The van der Waals surface area contributed by atoms with Gasteiger partial charge in [-0.2, -0.15) is 0 Å². The molecule has 1 N–H and O–H groups in total. The zero-order chi connectivity index (χ0) is 22.9. The summed E-state index contributed by atoms with van der Waals surface area (Å²) < 4.78 is 0. The molecular weight excluding hydrogens is 416 g/mol. The molecule has 0 bridgehead atoms. The average molecular weight is 447 g/mol. The number of allylic oxidation sites excluding steroid dienone is 2. The van der Waals surface area contributed by atoms with E-state index in [1.807, 2.05) is 13.0 Å². The first-order chi connectivity index (χ1) is 15.6. The molecule has 0 radical (unpaired) electrons. The quantitative estimate of drug-likeness (QED) is 0.334. The summed E-state index contributed by atoms with van der Waals surface area (Å²) in [4.78, 5) is 22.9. The summed E-state index contributed by atoms with van der Waals surface area (Å²) in [6.07, 6.45) is 6.47. The van der Waals surface area contributed by atoms with E-state index >= 15 is 0 Å². The Hall–Kier alpha value is -3.12. The van der Waals surface area contributed by atoms with E-state index in [0.29, 0.717) is 0 Å². The summed E-state index contributed by atoms with van der Waals surface area (Å²) >= 11 is 1.73. The number of amides is 1. The van der Waals surface area contributed by atoms with Crippen LogP contribution in [-0.4, -0.2) is 37.0 Å². The maximum atomic E-state index is 10.8. The van der Waals surface area contributed by atoms with Crippen molar-refractivity contribution in [2.45, 2.75) is 33.2 Å². The number of nitrogens with zero attached hydrogens (tertiary/aromatic N) is 3. The van der Waals surface area contributed by atoms with Gasteiger partial charge >= 0.3 is 0 Å². The Bertz CT molecular complexity index is 1050. The van der Waals surface area contributed by atoms with E-state index in [4.69, 9.17) is 0 Å². The van der Waals surface area contributed by atoms with Crippen LogP contribution in [0.25, 0.3) is 0 Å². The smallest absolute Gasteiger partial charge is 0.211 e. The summed E-state index contributed by atoms with van der Waals surface area (Å²) in [5, 5.41) is 3.79. The summed E-state index contributed by atoms with van der Waals surface area (Å²) in [6.45, 7) is 10.1. The highest BCUT2D eigenvalue weighted by molar-refractivity contribution is 8.06. The third kappa shape index (κ3) is 5.98. The highest BCUT2D eigenvalue weighted by atomic mass is 32.2. The molecule has 3 rings (SSSR count). The molecule has 32 heavy (non-hydrogen) atoms. The molecule has 5 nitrogen and oxygen atoms in total. The molecule has 1 amide bonds. The number of carbonyl (C=O) groups excluding carboxylic acids is 1. The fourth-order valence-electron chi connectivity index (χ4n) is 3.70. The molecule has 1 aliphatic rings. The van der Waals surface area contributed by atoms with Crippen molar-refractivity contribution in [1.29, 1.82) is 0 Å². The van der Waals surface area contributed by atoms with Gasteiger partial charge in [-0.1, -0.05) is 54.7 Å². The predicted molar refractivity (Wildman–Crippen MR) is 138 cm³/mol. The molecule has 1 heterocycles. The summed E-state index contributed by atoms with van der Waals surface area (Å²) in [5.41, 5.74) is 5.67. The van der Waals surface area contributed by atoms with Gasteiger partial charge in [-0.25, -0.2) is 4.99 Å². The minimum Gasteiger partial charge on any atom is -0.362 e. The van der Waals surface area contributed by atoms with Crippen molar-refractivity contribution in [3.63, 3.8) is 0 Å². The zero-order valence-electron chi connectivity index (χ0n) is 19.0. The van der Waals surface area contributed by atoms with E-state index in [1.54, 1.807) is 25.0 Å². The van der Waals surface area contributed by atoms with Crippen LogP contribution < -0.4 is 5.32 Å². The van der Waals surface area contributed by atoms with Gasteiger partial charge in [0.15, 0.2) is 5.84 Å². The SMILES string of the molecule is C=C(S/C(=C\C)Cc1ccc(C(N=CC)=NC)cc1)N1CCc2ccc(NC=O)cc2C1. The van der Waals surface area contributed by atoms with Crippen molar-refractivity contribution in [2.24, 2.45) is 9.98 Å². The number of aliphatic imine (C=N–C) groups is 2. The fraction of sp³-hybridized carbons (Fsp3) is 0.269. The third-order valence-electron chi connectivity index (χ3n) is 5.42. The predicted octanol–water partition coefficient (Wildman–Crippen LogP) is 5.43. The highest BCUT2D eigenvalue weighted by Crippen LogP contribution is 2.33. The molecule has 0 aliphatic carbocycles. The number of benzene rings is 2. The molecule has 0 atom stereocenters. The summed E-state index contributed by atoms with van der Waals surface area (Å²) in [6, 6.07) is 14.5. The summed E-state index contributed by atoms with van der Waals surface area (Å²) in [5.74, 6) is 0.741. The van der Waals surface area contributed by atoms with Gasteiger partial charge in [0.05, 0.1) is 5.03 Å². The zero-order valence-corrected chi connectivity index (χ0v) is 19.8. The van der Waals surface area contributed by atoms with E-state index < -0.39 is 0 Å². The maximum Gasteiger partial charge on any atom is 0.211 e. The summed E-state index contributed by atoms with van der Waals surface area (Å²) in [7, 11) is 1.76. The molecule has 6 heteroatoms. The number of anilines is 1. The molecule has 166 valence electrons. The van der Waals surface area contributed by atoms with Crippen molar-refractivity contribution in [1.82, 2.24) is 4.90 Å².